The van der Waals surface area contributed by atoms with Gasteiger partial charge in [0.05, 0.1) is 0 Å². The average molecular weight is 347 g/mol. The lowest BCUT2D eigenvalue weighted by Crippen LogP contribution is -2.11. The molecule has 0 saturated carbocycles. The first-order valence-electron chi connectivity index (χ1n) is 5.62. The van der Waals surface area contributed by atoms with Crippen LogP contribution >= 0.6 is 22.6 Å². The summed E-state index contributed by atoms with van der Waals surface area (Å²) in [5.41, 5.74) is 3.68. The maximum absolute atomic E-state index is 11.8. The van der Waals surface area contributed by atoms with Gasteiger partial charge in [-0.1, -0.05) is 30.3 Å². The molecule has 1 heterocycles. The van der Waals surface area contributed by atoms with Gasteiger partial charge in [0.2, 0.25) is 0 Å². The first-order chi connectivity index (χ1) is 8.74. The van der Waals surface area contributed by atoms with Crippen molar-refractivity contribution in [1.29, 1.82) is 0 Å². The molecule has 0 saturated heterocycles. The van der Waals surface area contributed by atoms with Crippen molar-refractivity contribution in [2.75, 3.05) is 0 Å². The molecule has 0 aromatic heterocycles. The minimum absolute atomic E-state index is 0.0256. The van der Waals surface area contributed by atoms with Gasteiger partial charge in [0, 0.05) is 20.4 Å². The molecule has 1 aliphatic rings. The van der Waals surface area contributed by atoms with E-state index in [-0.39, 0.29) is 5.91 Å². The van der Waals surface area contributed by atoms with Gasteiger partial charge in [-0.05, 0) is 52.4 Å². The summed E-state index contributed by atoms with van der Waals surface area (Å²) in [7, 11) is 0. The van der Waals surface area contributed by atoms with Crippen LogP contribution in [0.4, 0.5) is 0 Å². The Morgan fingerprint density at radius 2 is 1.61 bits per heavy atom. The second-order valence-corrected chi connectivity index (χ2v) is 5.35. The van der Waals surface area contributed by atoms with E-state index in [9.17, 15) is 4.79 Å². The van der Waals surface area contributed by atoms with Crippen LogP contribution in [-0.2, 0) is 0 Å². The molecule has 0 bridgehead atoms. The molecule has 0 spiro atoms. The van der Waals surface area contributed by atoms with E-state index in [4.69, 9.17) is 0 Å². The summed E-state index contributed by atoms with van der Waals surface area (Å²) < 4.78 is 1.20. The van der Waals surface area contributed by atoms with Gasteiger partial charge in [-0.3, -0.25) is 4.79 Å². The molecule has 3 heteroatoms. The highest BCUT2D eigenvalue weighted by molar-refractivity contribution is 14.1. The fourth-order valence-electron chi connectivity index (χ4n) is 2.01. The Hall–Kier alpha value is -1.62. The highest BCUT2D eigenvalue weighted by Gasteiger charge is 2.22. The molecule has 0 fully saturated rings. The number of carbonyl (C=O) groups excluding carboxylic acids is 1. The number of hydrogen-bond acceptors (Lipinski definition) is 1. The number of fused-ring (bicyclic) bond motifs is 1. The van der Waals surface area contributed by atoms with Crippen LogP contribution in [-0.4, -0.2) is 5.91 Å². The zero-order valence-electron chi connectivity index (χ0n) is 9.48. The number of rotatable bonds is 1. The molecule has 18 heavy (non-hydrogen) atoms. The van der Waals surface area contributed by atoms with Crippen molar-refractivity contribution in [3.63, 3.8) is 0 Å². The third kappa shape index (κ3) is 2.06. The zero-order chi connectivity index (χ0) is 12.5. The lowest BCUT2D eigenvalue weighted by Gasteiger charge is -2.00. The Labute approximate surface area is 119 Å². The van der Waals surface area contributed by atoms with Crippen LogP contribution < -0.4 is 5.32 Å². The number of hydrogen-bond donors (Lipinski definition) is 1. The maximum atomic E-state index is 11.8. The maximum Gasteiger partial charge on any atom is 0.256 e. The third-order valence-electron chi connectivity index (χ3n) is 2.89. The quantitative estimate of drug-likeness (QED) is 0.786. The van der Waals surface area contributed by atoms with Gasteiger partial charge < -0.3 is 5.32 Å². The summed E-state index contributed by atoms with van der Waals surface area (Å²) in [4.78, 5) is 11.8. The van der Waals surface area contributed by atoms with Crippen LogP contribution in [0, 0.1) is 3.57 Å². The second-order valence-electron chi connectivity index (χ2n) is 4.11. The van der Waals surface area contributed by atoms with Crippen molar-refractivity contribution >= 4 is 40.3 Å². The lowest BCUT2D eigenvalue weighted by molar-refractivity contribution is 0.0981. The van der Waals surface area contributed by atoms with E-state index in [0.29, 0.717) is 0 Å². The summed E-state index contributed by atoms with van der Waals surface area (Å²) in [5.74, 6) is -0.0256. The molecule has 0 aliphatic carbocycles. The largest absolute Gasteiger partial charge is 0.321 e. The minimum Gasteiger partial charge on any atom is -0.321 e. The molecule has 0 radical (unpaired) electrons. The zero-order valence-corrected chi connectivity index (χ0v) is 11.6. The van der Waals surface area contributed by atoms with Crippen LogP contribution in [0.1, 0.15) is 21.5 Å². The molecule has 1 N–H and O–H groups in total. The van der Waals surface area contributed by atoms with E-state index in [1.165, 1.54) is 3.57 Å². The van der Waals surface area contributed by atoms with Gasteiger partial charge in [0.15, 0.2) is 0 Å². The van der Waals surface area contributed by atoms with Crippen LogP contribution in [0.25, 0.3) is 11.8 Å². The second kappa shape index (κ2) is 4.57. The van der Waals surface area contributed by atoms with E-state index >= 15 is 0 Å². The molecule has 2 aromatic carbocycles. The first kappa shape index (κ1) is 11.5. The Kier molecular flexibility index (Phi) is 2.91. The molecule has 88 valence electrons. The fraction of sp³-hybridized carbons (Fsp3) is 0. The van der Waals surface area contributed by atoms with Gasteiger partial charge in [0.25, 0.3) is 5.91 Å². The van der Waals surface area contributed by atoms with E-state index in [0.717, 1.165) is 22.4 Å². The molecular formula is C15H10INO. The molecule has 0 unspecified atom stereocenters. The smallest absolute Gasteiger partial charge is 0.256 e. The van der Waals surface area contributed by atoms with Crippen molar-refractivity contribution in [1.82, 2.24) is 5.32 Å². The normalized spacial score (nSPS) is 15.6. The standard InChI is InChI=1S/C15H10INO/c16-11-7-5-10(6-8-11)9-14-12-3-1-2-4-13(12)15(18)17-14/h1-9H,(H,17,18). The topological polar surface area (TPSA) is 29.1 Å². The van der Waals surface area contributed by atoms with E-state index in [1.54, 1.807) is 0 Å². The minimum atomic E-state index is -0.0256. The highest BCUT2D eigenvalue weighted by atomic mass is 127. The molecule has 1 aliphatic heterocycles. The fourth-order valence-corrected chi connectivity index (χ4v) is 2.37. The van der Waals surface area contributed by atoms with Crippen LogP contribution in [0.5, 0.6) is 0 Å². The van der Waals surface area contributed by atoms with E-state index in [1.807, 2.05) is 42.5 Å². The molecule has 1 amide bonds. The van der Waals surface area contributed by atoms with E-state index < -0.39 is 0 Å². The number of benzene rings is 2. The van der Waals surface area contributed by atoms with Gasteiger partial charge in [-0.25, -0.2) is 0 Å². The molecule has 2 nitrogen and oxygen atoms in total. The highest BCUT2D eigenvalue weighted by Crippen LogP contribution is 2.25. The molecule has 2 aromatic rings. The molecule has 3 rings (SSSR count). The summed E-state index contributed by atoms with van der Waals surface area (Å²) in [5, 5.41) is 2.90. The van der Waals surface area contributed by atoms with Crippen molar-refractivity contribution in [3.8, 4) is 0 Å². The number of carbonyl (C=O) groups is 1. The lowest BCUT2D eigenvalue weighted by atomic mass is 10.1. The van der Waals surface area contributed by atoms with Gasteiger partial charge in [0.1, 0.15) is 0 Å². The van der Waals surface area contributed by atoms with Crippen molar-refractivity contribution in [2.24, 2.45) is 0 Å². The van der Waals surface area contributed by atoms with Crippen LogP contribution in [0.2, 0.25) is 0 Å². The Bertz CT molecular complexity index is 644. The summed E-state index contributed by atoms with van der Waals surface area (Å²) in [6, 6.07) is 15.8. The third-order valence-corrected chi connectivity index (χ3v) is 3.61. The van der Waals surface area contributed by atoms with Crippen LogP contribution in [0.15, 0.2) is 48.5 Å². The van der Waals surface area contributed by atoms with Crippen molar-refractivity contribution < 1.29 is 4.79 Å². The number of halogens is 1. The Morgan fingerprint density at radius 3 is 2.33 bits per heavy atom. The predicted octanol–water partition coefficient (Wildman–Crippen LogP) is 3.53. The van der Waals surface area contributed by atoms with Gasteiger partial charge in [-0.15, -0.1) is 0 Å². The van der Waals surface area contributed by atoms with Gasteiger partial charge in [-0.2, -0.15) is 0 Å². The predicted molar refractivity (Wildman–Crippen MR) is 80.9 cm³/mol. The van der Waals surface area contributed by atoms with Gasteiger partial charge >= 0.3 is 0 Å². The number of nitrogens with one attached hydrogen (secondary N) is 1. The Balaban J connectivity index is 2.04. The Morgan fingerprint density at radius 1 is 0.944 bits per heavy atom. The SMILES string of the molecule is O=C1NC(=Cc2ccc(I)cc2)c2ccccc21. The summed E-state index contributed by atoms with van der Waals surface area (Å²) >= 11 is 2.27. The van der Waals surface area contributed by atoms with E-state index in [2.05, 4.69) is 40.0 Å². The number of amides is 1. The van der Waals surface area contributed by atoms with Crippen LogP contribution in [0.3, 0.4) is 0 Å². The average Bonchev–Trinajstić information content (AvgIpc) is 2.70. The molecule has 0 atom stereocenters. The first-order valence-corrected chi connectivity index (χ1v) is 6.70. The summed E-state index contributed by atoms with van der Waals surface area (Å²) in [6.07, 6.45) is 2.00. The monoisotopic (exact) mass is 347 g/mol. The van der Waals surface area contributed by atoms with Crippen molar-refractivity contribution in [2.45, 2.75) is 0 Å². The molecular weight excluding hydrogens is 337 g/mol. The summed E-state index contributed by atoms with van der Waals surface area (Å²) in [6.45, 7) is 0. The van der Waals surface area contributed by atoms with Crippen molar-refractivity contribution in [3.05, 3.63) is 68.8 Å².